The summed E-state index contributed by atoms with van der Waals surface area (Å²) < 4.78 is 1.08. The van der Waals surface area contributed by atoms with Crippen molar-refractivity contribution in [1.29, 1.82) is 0 Å². The Balaban J connectivity index is 2.02. The van der Waals surface area contributed by atoms with Gasteiger partial charge in [-0.1, -0.05) is 28.1 Å². The topological polar surface area (TPSA) is 32.3 Å². The summed E-state index contributed by atoms with van der Waals surface area (Å²) in [7, 11) is 1.92. The van der Waals surface area contributed by atoms with Crippen LogP contribution in [0.25, 0.3) is 0 Å². The van der Waals surface area contributed by atoms with E-state index in [1.807, 2.05) is 19.2 Å². The first-order valence-electron chi connectivity index (χ1n) is 6.92. The number of rotatable bonds is 5. The van der Waals surface area contributed by atoms with E-state index in [4.69, 9.17) is 0 Å². The molecular formula is C15H21BrN2O. The van der Waals surface area contributed by atoms with Gasteiger partial charge < -0.3 is 10.2 Å². The van der Waals surface area contributed by atoms with Crippen LogP contribution in [0.2, 0.25) is 0 Å². The maximum atomic E-state index is 12.3. The first-order chi connectivity index (χ1) is 9.22. The molecule has 1 saturated heterocycles. The number of likely N-dealkylation sites (tertiary alicyclic amines) is 1. The smallest absolute Gasteiger partial charge is 0.223 e. The number of carbonyl (C=O) groups excluding carboxylic acids is 1. The molecule has 1 fully saturated rings. The average molecular weight is 325 g/mol. The third-order valence-corrected chi connectivity index (χ3v) is 4.12. The van der Waals surface area contributed by atoms with Crippen molar-refractivity contribution in [1.82, 2.24) is 10.2 Å². The van der Waals surface area contributed by atoms with Crippen LogP contribution in [0, 0.1) is 0 Å². The minimum Gasteiger partial charge on any atom is -0.336 e. The Labute approximate surface area is 123 Å². The minimum absolute atomic E-state index is 0.264. The lowest BCUT2D eigenvalue weighted by molar-refractivity contribution is -0.132. The van der Waals surface area contributed by atoms with Crippen molar-refractivity contribution in [2.75, 3.05) is 20.1 Å². The molecule has 0 radical (unpaired) electrons. The van der Waals surface area contributed by atoms with Crippen molar-refractivity contribution < 1.29 is 4.79 Å². The van der Waals surface area contributed by atoms with Gasteiger partial charge >= 0.3 is 0 Å². The van der Waals surface area contributed by atoms with Gasteiger partial charge in [-0.2, -0.15) is 0 Å². The zero-order chi connectivity index (χ0) is 13.7. The van der Waals surface area contributed by atoms with Gasteiger partial charge in [0.05, 0.1) is 6.04 Å². The van der Waals surface area contributed by atoms with Crippen LogP contribution in [0.5, 0.6) is 0 Å². The maximum Gasteiger partial charge on any atom is 0.223 e. The van der Waals surface area contributed by atoms with Crippen LogP contribution < -0.4 is 5.32 Å². The molecule has 1 aromatic rings. The highest BCUT2D eigenvalue weighted by molar-refractivity contribution is 9.10. The minimum atomic E-state index is 0.264. The van der Waals surface area contributed by atoms with Gasteiger partial charge in [0.1, 0.15) is 0 Å². The summed E-state index contributed by atoms with van der Waals surface area (Å²) >= 11 is 3.51. The summed E-state index contributed by atoms with van der Waals surface area (Å²) in [5.41, 5.74) is 1.24. The molecule has 0 aliphatic carbocycles. The highest BCUT2D eigenvalue weighted by atomic mass is 79.9. The van der Waals surface area contributed by atoms with Crippen LogP contribution in [0.15, 0.2) is 28.7 Å². The Hall–Kier alpha value is -0.870. The monoisotopic (exact) mass is 324 g/mol. The largest absolute Gasteiger partial charge is 0.336 e. The van der Waals surface area contributed by atoms with Crippen LogP contribution in [0.4, 0.5) is 0 Å². The number of hydrogen-bond acceptors (Lipinski definition) is 2. The molecule has 1 N–H and O–H groups in total. The highest BCUT2D eigenvalue weighted by Gasteiger charge is 2.29. The van der Waals surface area contributed by atoms with Crippen LogP contribution in [0.3, 0.4) is 0 Å². The van der Waals surface area contributed by atoms with Gasteiger partial charge in [-0.3, -0.25) is 4.79 Å². The molecule has 1 aromatic carbocycles. The van der Waals surface area contributed by atoms with Crippen molar-refractivity contribution in [3.8, 4) is 0 Å². The van der Waals surface area contributed by atoms with Gasteiger partial charge in [0.15, 0.2) is 0 Å². The lowest BCUT2D eigenvalue weighted by Gasteiger charge is -2.25. The van der Waals surface area contributed by atoms with Gasteiger partial charge in [0, 0.05) is 17.4 Å². The number of nitrogens with one attached hydrogen (secondary N) is 1. The van der Waals surface area contributed by atoms with E-state index in [9.17, 15) is 4.79 Å². The third-order valence-electron chi connectivity index (χ3n) is 3.62. The van der Waals surface area contributed by atoms with Crippen molar-refractivity contribution >= 4 is 21.8 Å². The lowest BCUT2D eigenvalue weighted by atomic mass is 10.0. The first-order valence-corrected chi connectivity index (χ1v) is 7.71. The Bertz CT molecular complexity index is 436. The molecule has 104 valence electrons. The van der Waals surface area contributed by atoms with E-state index >= 15 is 0 Å². The fourth-order valence-electron chi connectivity index (χ4n) is 2.69. The van der Waals surface area contributed by atoms with Crippen LogP contribution in [0.1, 0.15) is 37.3 Å². The van der Waals surface area contributed by atoms with E-state index in [1.54, 1.807) is 0 Å². The second kappa shape index (κ2) is 7.06. The maximum absolute atomic E-state index is 12.3. The average Bonchev–Trinajstić information content (AvgIpc) is 2.88. The molecule has 0 saturated carbocycles. The number of amides is 1. The Kier molecular flexibility index (Phi) is 5.40. The van der Waals surface area contributed by atoms with Gasteiger partial charge in [-0.25, -0.2) is 0 Å². The second-order valence-electron chi connectivity index (χ2n) is 5.01. The van der Waals surface area contributed by atoms with Crippen LogP contribution in [-0.2, 0) is 4.79 Å². The number of nitrogens with zero attached hydrogens (tertiary/aromatic N) is 1. The molecule has 3 nitrogen and oxygen atoms in total. The van der Waals surface area contributed by atoms with Crippen molar-refractivity contribution in [3.05, 3.63) is 34.3 Å². The molecule has 1 aliphatic rings. The fraction of sp³-hybridized carbons (Fsp3) is 0.533. The Morgan fingerprint density at radius 2 is 2.37 bits per heavy atom. The van der Waals surface area contributed by atoms with Crippen LogP contribution >= 0.6 is 15.9 Å². The van der Waals surface area contributed by atoms with E-state index in [-0.39, 0.29) is 11.9 Å². The first kappa shape index (κ1) is 14.5. The Morgan fingerprint density at radius 1 is 1.53 bits per heavy atom. The quantitative estimate of drug-likeness (QED) is 0.844. The summed E-state index contributed by atoms with van der Waals surface area (Å²) in [6.45, 7) is 1.80. The zero-order valence-electron chi connectivity index (χ0n) is 11.4. The normalized spacial score (nSPS) is 18.8. The molecular weight excluding hydrogens is 304 g/mol. The molecule has 1 atom stereocenters. The Morgan fingerprint density at radius 3 is 3.11 bits per heavy atom. The van der Waals surface area contributed by atoms with E-state index in [0.29, 0.717) is 6.42 Å². The predicted octanol–water partition coefficient (Wildman–Crippen LogP) is 3.11. The molecule has 1 amide bonds. The van der Waals surface area contributed by atoms with E-state index in [2.05, 4.69) is 38.3 Å². The highest BCUT2D eigenvalue weighted by Crippen LogP contribution is 2.33. The number of benzene rings is 1. The third kappa shape index (κ3) is 3.80. The van der Waals surface area contributed by atoms with Gasteiger partial charge in [-0.15, -0.1) is 0 Å². The summed E-state index contributed by atoms with van der Waals surface area (Å²) in [5.74, 6) is 0.290. The molecule has 0 bridgehead atoms. The molecule has 19 heavy (non-hydrogen) atoms. The molecule has 2 rings (SSSR count). The summed E-state index contributed by atoms with van der Waals surface area (Å²) in [5, 5.41) is 3.09. The standard InChI is InChI=1S/C15H21BrN2O/c1-17-9-3-8-15(19)18-10-4-7-14(18)12-5-2-6-13(16)11-12/h2,5-6,11,14,17H,3-4,7-10H2,1H3. The van der Waals surface area contributed by atoms with E-state index < -0.39 is 0 Å². The fourth-order valence-corrected chi connectivity index (χ4v) is 3.10. The molecule has 1 heterocycles. The van der Waals surface area contributed by atoms with Crippen molar-refractivity contribution in [2.24, 2.45) is 0 Å². The van der Waals surface area contributed by atoms with Crippen LogP contribution in [-0.4, -0.2) is 30.9 Å². The zero-order valence-corrected chi connectivity index (χ0v) is 12.9. The van der Waals surface area contributed by atoms with E-state index in [1.165, 1.54) is 5.56 Å². The molecule has 4 heteroatoms. The second-order valence-corrected chi connectivity index (χ2v) is 5.92. The van der Waals surface area contributed by atoms with E-state index in [0.717, 1.165) is 36.8 Å². The molecule has 0 spiro atoms. The van der Waals surface area contributed by atoms with Gasteiger partial charge in [0.25, 0.3) is 0 Å². The molecule has 0 aromatic heterocycles. The number of halogens is 1. The summed E-state index contributed by atoms with van der Waals surface area (Å²) in [4.78, 5) is 14.3. The summed E-state index contributed by atoms with van der Waals surface area (Å²) in [6.07, 6.45) is 3.74. The number of carbonyl (C=O) groups is 1. The van der Waals surface area contributed by atoms with Gasteiger partial charge in [-0.05, 0) is 50.6 Å². The van der Waals surface area contributed by atoms with Crippen molar-refractivity contribution in [2.45, 2.75) is 31.7 Å². The van der Waals surface area contributed by atoms with Crippen molar-refractivity contribution in [3.63, 3.8) is 0 Å². The predicted molar refractivity (Wildman–Crippen MR) is 81.0 cm³/mol. The summed E-state index contributed by atoms with van der Waals surface area (Å²) in [6, 6.07) is 8.58. The SMILES string of the molecule is CNCCCC(=O)N1CCCC1c1cccc(Br)c1. The van der Waals surface area contributed by atoms with Gasteiger partial charge in [0.2, 0.25) is 5.91 Å². The molecule has 1 aliphatic heterocycles. The molecule has 1 unspecified atom stereocenters. The lowest BCUT2D eigenvalue weighted by Crippen LogP contribution is -2.30. The number of hydrogen-bond donors (Lipinski definition) is 1.